The maximum Gasteiger partial charge on any atom is 0.0985 e. The summed E-state index contributed by atoms with van der Waals surface area (Å²) in [6.07, 6.45) is 1.47. The number of benzene rings is 3. The Morgan fingerprint density at radius 3 is 1.82 bits per heavy atom. The average molecular weight is 442 g/mol. The van der Waals surface area contributed by atoms with Gasteiger partial charge >= 0.3 is 0 Å². The van der Waals surface area contributed by atoms with Gasteiger partial charge in [-0.05, 0) is 61.9 Å². The molecule has 2 heterocycles. The van der Waals surface area contributed by atoms with Crippen LogP contribution in [0.1, 0.15) is 13.3 Å². The Morgan fingerprint density at radius 1 is 0.727 bits per heavy atom. The Balaban J connectivity index is 1.49. The van der Waals surface area contributed by atoms with Gasteiger partial charge in [-0.1, -0.05) is 12.1 Å². The molecule has 1 unspecified atom stereocenters. The first kappa shape index (κ1) is 21.5. The number of anilines is 4. The van der Waals surface area contributed by atoms with Gasteiger partial charge in [-0.15, -0.1) is 0 Å². The Kier molecular flexibility index (Phi) is 5.35. The van der Waals surface area contributed by atoms with Gasteiger partial charge in [0.15, 0.2) is 0 Å². The van der Waals surface area contributed by atoms with E-state index in [2.05, 4.69) is 127 Å². The fraction of sp³-hybridized carbons (Fsp3) is 0.357. The fourth-order valence-electron chi connectivity index (χ4n) is 5.20. The molecule has 0 aliphatic carbocycles. The maximum absolute atomic E-state index is 2.54. The van der Waals surface area contributed by atoms with Gasteiger partial charge in [0, 0.05) is 81.5 Å². The van der Waals surface area contributed by atoms with E-state index in [1.807, 2.05) is 0 Å². The highest BCUT2D eigenvalue weighted by Crippen LogP contribution is 2.38. The van der Waals surface area contributed by atoms with Crippen LogP contribution < -0.4 is 19.6 Å². The molecule has 1 aromatic heterocycles. The molecule has 5 nitrogen and oxygen atoms in total. The van der Waals surface area contributed by atoms with Gasteiger partial charge in [0.05, 0.1) is 17.5 Å². The first-order chi connectivity index (χ1) is 15.9. The van der Waals surface area contributed by atoms with Crippen LogP contribution in [0.15, 0.2) is 60.7 Å². The zero-order valence-electron chi connectivity index (χ0n) is 20.7. The van der Waals surface area contributed by atoms with Crippen molar-refractivity contribution in [3.63, 3.8) is 0 Å². The molecule has 172 valence electrons. The van der Waals surface area contributed by atoms with Crippen LogP contribution in [0, 0.1) is 0 Å². The van der Waals surface area contributed by atoms with Crippen LogP contribution in [0.25, 0.3) is 21.8 Å². The van der Waals surface area contributed by atoms with Crippen molar-refractivity contribution in [2.75, 3.05) is 61.4 Å². The summed E-state index contributed by atoms with van der Waals surface area (Å²) in [5, 5.41) is 2.67. The van der Waals surface area contributed by atoms with E-state index in [9.17, 15) is 0 Å². The lowest BCUT2D eigenvalue weighted by Crippen LogP contribution is -2.39. The van der Waals surface area contributed by atoms with Crippen LogP contribution in [0.3, 0.4) is 0 Å². The molecule has 1 aliphatic rings. The van der Waals surface area contributed by atoms with E-state index in [1.54, 1.807) is 0 Å². The third kappa shape index (κ3) is 3.56. The molecule has 5 heteroatoms. The third-order valence-corrected chi connectivity index (χ3v) is 7.23. The van der Waals surface area contributed by atoms with Crippen molar-refractivity contribution in [1.82, 2.24) is 4.57 Å². The zero-order valence-corrected chi connectivity index (χ0v) is 20.7. The molecule has 0 fully saturated rings. The Morgan fingerprint density at radius 2 is 1.27 bits per heavy atom. The molecule has 0 spiro atoms. The number of hydrogen-bond acceptors (Lipinski definition) is 4. The molecular formula is C28H35N5. The van der Waals surface area contributed by atoms with Gasteiger partial charge in [0.2, 0.25) is 0 Å². The monoisotopic (exact) mass is 441 g/mol. The predicted octanol–water partition coefficient (Wildman–Crippen LogP) is 5.62. The molecule has 0 saturated carbocycles. The fourth-order valence-corrected chi connectivity index (χ4v) is 5.20. The van der Waals surface area contributed by atoms with E-state index >= 15 is 0 Å². The van der Waals surface area contributed by atoms with Crippen molar-refractivity contribution in [2.45, 2.75) is 26.1 Å². The Hall–Kier alpha value is -3.34. The van der Waals surface area contributed by atoms with Gasteiger partial charge < -0.3 is 24.2 Å². The zero-order chi connectivity index (χ0) is 23.3. The standard InChI is InChI=1S/C28H35N5/c1-20-31(6)27-10-7-8-11-28(27)32(20)16-9-17-33-25-14-12-21(29(2)3)18-23(25)24-19-22(30(4)5)13-15-26(24)33/h7-8,10-15,18-20H,9,16-17H2,1-6H3. The molecule has 3 aromatic carbocycles. The number of nitrogens with zero attached hydrogens (tertiary/aromatic N) is 5. The second-order valence-corrected chi connectivity index (χ2v) is 9.62. The van der Waals surface area contributed by atoms with Gasteiger partial charge in [0.1, 0.15) is 0 Å². The lowest BCUT2D eigenvalue weighted by molar-refractivity contribution is 0.600. The molecule has 5 rings (SSSR count). The second-order valence-electron chi connectivity index (χ2n) is 9.62. The van der Waals surface area contributed by atoms with Gasteiger partial charge in [0.25, 0.3) is 0 Å². The summed E-state index contributed by atoms with van der Waals surface area (Å²) in [6.45, 7) is 4.33. The van der Waals surface area contributed by atoms with Crippen molar-refractivity contribution in [2.24, 2.45) is 0 Å². The minimum Gasteiger partial charge on any atom is -0.378 e. The van der Waals surface area contributed by atoms with E-state index in [0.717, 1.165) is 19.5 Å². The van der Waals surface area contributed by atoms with Crippen molar-refractivity contribution >= 4 is 44.6 Å². The summed E-state index contributed by atoms with van der Waals surface area (Å²) in [4.78, 5) is 9.28. The van der Waals surface area contributed by atoms with E-state index in [0.29, 0.717) is 6.17 Å². The molecule has 0 bridgehead atoms. The molecule has 33 heavy (non-hydrogen) atoms. The first-order valence-corrected chi connectivity index (χ1v) is 11.9. The smallest absolute Gasteiger partial charge is 0.0985 e. The van der Waals surface area contributed by atoms with Crippen molar-refractivity contribution in [1.29, 1.82) is 0 Å². The number of hydrogen-bond donors (Lipinski definition) is 0. The number of para-hydroxylation sites is 2. The molecule has 0 saturated heterocycles. The Labute approximate surface area is 197 Å². The largest absolute Gasteiger partial charge is 0.378 e. The van der Waals surface area contributed by atoms with Crippen LogP contribution in [0.4, 0.5) is 22.7 Å². The maximum atomic E-state index is 2.54. The number of rotatable bonds is 6. The van der Waals surface area contributed by atoms with E-state index < -0.39 is 0 Å². The van der Waals surface area contributed by atoms with E-state index in [1.165, 1.54) is 44.6 Å². The summed E-state index contributed by atoms with van der Waals surface area (Å²) in [5.74, 6) is 0. The minimum absolute atomic E-state index is 0.380. The molecule has 4 aromatic rings. The molecule has 0 radical (unpaired) electrons. The topological polar surface area (TPSA) is 17.9 Å². The van der Waals surface area contributed by atoms with E-state index in [4.69, 9.17) is 0 Å². The van der Waals surface area contributed by atoms with E-state index in [-0.39, 0.29) is 0 Å². The van der Waals surface area contributed by atoms with Crippen LogP contribution in [0.5, 0.6) is 0 Å². The second kappa shape index (κ2) is 8.22. The predicted molar refractivity (Wildman–Crippen MR) is 144 cm³/mol. The van der Waals surface area contributed by atoms with Crippen molar-refractivity contribution in [3.8, 4) is 0 Å². The van der Waals surface area contributed by atoms with Gasteiger partial charge in [-0.3, -0.25) is 0 Å². The van der Waals surface area contributed by atoms with Gasteiger partial charge in [-0.25, -0.2) is 0 Å². The molecule has 1 aliphatic heterocycles. The highest BCUT2D eigenvalue weighted by Gasteiger charge is 2.29. The summed E-state index contributed by atoms with van der Waals surface area (Å²) in [6, 6.07) is 22.5. The van der Waals surface area contributed by atoms with Crippen LogP contribution >= 0.6 is 0 Å². The summed E-state index contributed by atoms with van der Waals surface area (Å²) in [5.41, 5.74) is 7.79. The lowest BCUT2D eigenvalue weighted by atomic mass is 10.1. The van der Waals surface area contributed by atoms with Crippen LogP contribution in [-0.4, -0.2) is 52.5 Å². The molecule has 1 atom stereocenters. The molecule has 0 N–H and O–H groups in total. The van der Waals surface area contributed by atoms with Gasteiger partial charge in [-0.2, -0.15) is 0 Å². The summed E-state index contributed by atoms with van der Waals surface area (Å²) < 4.78 is 2.51. The summed E-state index contributed by atoms with van der Waals surface area (Å²) >= 11 is 0. The normalized spacial score (nSPS) is 15.5. The lowest BCUT2D eigenvalue weighted by Gasteiger charge is -2.27. The number of fused-ring (bicyclic) bond motifs is 4. The van der Waals surface area contributed by atoms with Crippen LogP contribution in [-0.2, 0) is 6.54 Å². The van der Waals surface area contributed by atoms with Crippen molar-refractivity contribution in [3.05, 3.63) is 60.7 Å². The molecular weight excluding hydrogens is 406 g/mol. The highest BCUT2D eigenvalue weighted by atomic mass is 15.4. The quantitative estimate of drug-likeness (QED) is 0.386. The highest BCUT2D eigenvalue weighted by molar-refractivity contribution is 6.10. The SMILES string of the molecule is CC1N(C)c2ccccc2N1CCCn1c2ccc(N(C)C)cc2c2cc(N(C)C)ccc21. The summed E-state index contributed by atoms with van der Waals surface area (Å²) in [7, 11) is 10.6. The number of aryl methyl sites for hydroxylation is 1. The average Bonchev–Trinajstić information content (AvgIpc) is 3.25. The van der Waals surface area contributed by atoms with Crippen LogP contribution in [0.2, 0.25) is 0 Å². The minimum atomic E-state index is 0.380. The Bertz CT molecular complexity index is 1240. The number of aromatic nitrogens is 1. The van der Waals surface area contributed by atoms with Crippen molar-refractivity contribution < 1.29 is 0 Å². The third-order valence-electron chi connectivity index (χ3n) is 7.23. The molecule has 0 amide bonds. The first-order valence-electron chi connectivity index (χ1n) is 11.9.